The van der Waals surface area contributed by atoms with Crippen LogP contribution in [-0.2, 0) is 17.6 Å². The van der Waals surface area contributed by atoms with E-state index in [1.54, 1.807) is 0 Å². The summed E-state index contributed by atoms with van der Waals surface area (Å²) in [7, 11) is 0. The zero-order valence-electron chi connectivity index (χ0n) is 11.9. The highest BCUT2D eigenvalue weighted by atomic mass is 19.4. The van der Waals surface area contributed by atoms with Gasteiger partial charge in [-0.25, -0.2) is 4.79 Å². The number of halogens is 3. The number of aromatic carboxylic acids is 1. The molecule has 0 saturated carbocycles. The van der Waals surface area contributed by atoms with Gasteiger partial charge in [-0.1, -0.05) is 17.3 Å². The molecule has 0 saturated heterocycles. The molecule has 1 aromatic carbocycles. The molecule has 0 amide bonds. The van der Waals surface area contributed by atoms with Crippen LogP contribution < -0.4 is 0 Å². The number of oxime groups is 1. The second-order valence-corrected chi connectivity index (χ2v) is 4.60. The van der Waals surface area contributed by atoms with E-state index < -0.39 is 17.7 Å². The fraction of sp³-hybridized carbons (Fsp3) is 0.200. The summed E-state index contributed by atoms with van der Waals surface area (Å²) in [6.07, 6.45) is -4.43. The maximum Gasteiger partial charge on any atom is 0.416 e. The number of benzene rings is 1. The van der Waals surface area contributed by atoms with Crippen LogP contribution in [0.2, 0.25) is 0 Å². The first kappa shape index (κ1) is 16.6. The van der Waals surface area contributed by atoms with Gasteiger partial charge in [-0.15, -0.1) is 0 Å². The number of hydrogen-bond donors (Lipinski definition) is 1. The predicted octanol–water partition coefficient (Wildman–Crippen LogP) is 3.94. The lowest BCUT2D eigenvalue weighted by atomic mass is 10.1. The summed E-state index contributed by atoms with van der Waals surface area (Å²) in [5, 5.41) is 12.4. The average Bonchev–Trinajstić information content (AvgIpc) is 2.95. The number of rotatable bonds is 5. The van der Waals surface area contributed by atoms with Gasteiger partial charge in [0.15, 0.2) is 6.61 Å². The lowest BCUT2D eigenvalue weighted by Crippen LogP contribution is -2.06. The third kappa shape index (κ3) is 4.35. The molecule has 1 aromatic heterocycles. The molecule has 0 bridgehead atoms. The Morgan fingerprint density at radius 3 is 2.65 bits per heavy atom. The van der Waals surface area contributed by atoms with E-state index in [1.165, 1.54) is 31.2 Å². The molecule has 0 atom stereocenters. The van der Waals surface area contributed by atoms with Crippen molar-refractivity contribution in [3.63, 3.8) is 0 Å². The molecule has 5 nitrogen and oxygen atoms in total. The Bertz CT molecular complexity index is 734. The summed E-state index contributed by atoms with van der Waals surface area (Å²) in [4.78, 5) is 15.6. The smallest absolute Gasteiger partial charge is 0.416 e. The van der Waals surface area contributed by atoms with Gasteiger partial charge in [-0.2, -0.15) is 13.2 Å². The highest BCUT2D eigenvalue weighted by molar-refractivity contribution is 5.98. The van der Waals surface area contributed by atoms with Crippen LogP contribution in [0.15, 0.2) is 46.0 Å². The molecule has 0 aliphatic carbocycles. The number of carboxylic acid groups (broad SMARTS) is 1. The van der Waals surface area contributed by atoms with E-state index in [1.807, 2.05) is 0 Å². The summed E-state index contributed by atoms with van der Waals surface area (Å²) >= 11 is 0. The summed E-state index contributed by atoms with van der Waals surface area (Å²) in [5.41, 5.74) is -0.256. The highest BCUT2D eigenvalue weighted by Crippen LogP contribution is 2.29. The minimum Gasteiger partial charge on any atom is -0.475 e. The standard InChI is InChI=1S/C15H12F3NO4/c1-9(10-3-2-4-11(7-10)15(16,17)18)19-22-8-12-5-6-13(23-12)14(20)21/h2-7H,8H2,1H3,(H,20,21)/b19-9+. The van der Waals surface area contributed by atoms with Crippen LogP contribution >= 0.6 is 0 Å². The van der Waals surface area contributed by atoms with Crippen molar-refractivity contribution in [2.75, 3.05) is 0 Å². The molecule has 2 rings (SSSR count). The Morgan fingerprint density at radius 2 is 2.04 bits per heavy atom. The second kappa shape index (κ2) is 6.55. The Labute approximate surface area is 129 Å². The Balaban J connectivity index is 2.03. The summed E-state index contributed by atoms with van der Waals surface area (Å²) in [6.45, 7) is 1.36. The Kier molecular flexibility index (Phi) is 4.73. The second-order valence-electron chi connectivity index (χ2n) is 4.60. The molecule has 1 N–H and O–H groups in total. The van der Waals surface area contributed by atoms with Gasteiger partial charge in [0.1, 0.15) is 5.76 Å². The lowest BCUT2D eigenvalue weighted by molar-refractivity contribution is -0.137. The van der Waals surface area contributed by atoms with Crippen molar-refractivity contribution in [3.8, 4) is 0 Å². The first-order valence-electron chi connectivity index (χ1n) is 6.43. The quantitative estimate of drug-likeness (QED) is 0.667. The summed E-state index contributed by atoms with van der Waals surface area (Å²) in [5.74, 6) is -1.20. The number of nitrogens with zero attached hydrogens (tertiary/aromatic N) is 1. The van der Waals surface area contributed by atoms with Crippen molar-refractivity contribution in [2.24, 2.45) is 5.16 Å². The molecule has 0 fully saturated rings. The molecule has 0 aliphatic heterocycles. The predicted molar refractivity (Wildman–Crippen MR) is 74.1 cm³/mol. The summed E-state index contributed by atoms with van der Waals surface area (Å²) in [6, 6.07) is 7.38. The maximum absolute atomic E-state index is 12.6. The van der Waals surface area contributed by atoms with Crippen molar-refractivity contribution in [1.82, 2.24) is 0 Å². The van der Waals surface area contributed by atoms with Gasteiger partial charge >= 0.3 is 12.1 Å². The van der Waals surface area contributed by atoms with E-state index in [2.05, 4.69) is 5.16 Å². The SMILES string of the molecule is C/C(=N\OCc1ccc(C(=O)O)o1)c1cccc(C(F)(F)F)c1. The molecule has 0 radical (unpaired) electrons. The molecule has 2 aromatic rings. The van der Waals surface area contributed by atoms with E-state index >= 15 is 0 Å². The van der Waals surface area contributed by atoms with Crippen LogP contribution in [0.1, 0.15) is 34.4 Å². The van der Waals surface area contributed by atoms with Gasteiger partial charge in [-0.3, -0.25) is 0 Å². The number of alkyl halides is 3. The van der Waals surface area contributed by atoms with Crippen LogP contribution in [0.5, 0.6) is 0 Å². The topological polar surface area (TPSA) is 72.0 Å². The van der Waals surface area contributed by atoms with Crippen molar-refractivity contribution in [2.45, 2.75) is 19.7 Å². The Hall–Kier alpha value is -2.77. The minimum absolute atomic E-state index is 0.135. The van der Waals surface area contributed by atoms with Crippen LogP contribution in [0.4, 0.5) is 13.2 Å². The van der Waals surface area contributed by atoms with Gasteiger partial charge in [0, 0.05) is 0 Å². The molecular formula is C15H12F3NO4. The first-order valence-corrected chi connectivity index (χ1v) is 6.43. The molecular weight excluding hydrogens is 315 g/mol. The van der Waals surface area contributed by atoms with E-state index in [-0.39, 0.29) is 29.4 Å². The highest BCUT2D eigenvalue weighted by Gasteiger charge is 2.30. The zero-order valence-corrected chi connectivity index (χ0v) is 11.9. The van der Waals surface area contributed by atoms with Gasteiger partial charge in [0.05, 0.1) is 11.3 Å². The monoisotopic (exact) mass is 327 g/mol. The van der Waals surface area contributed by atoms with E-state index in [0.717, 1.165) is 12.1 Å². The number of carboxylic acids is 1. The third-order valence-electron chi connectivity index (χ3n) is 2.89. The number of furan rings is 1. The largest absolute Gasteiger partial charge is 0.475 e. The molecule has 23 heavy (non-hydrogen) atoms. The van der Waals surface area contributed by atoms with Crippen molar-refractivity contribution < 1.29 is 32.3 Å². The fourth-order valence-corrected chi connectivity index (χ4v) is 1.74. The van der Waals surface area contributed by atoms with Gasteiger partial charge < -0.3 is 14.4 Å². The number of hydrogen-bond acceptors (Lipinski definition) is 4. The first-order chi connectivity index (χ1) is 10.8. The molecule has 122 valence electrons. The van der Waals surface area contributed by atoms with E-state index in [4.69, 9.17) is 14.4 Å². The Morgan fingerprint density at radius 1 is 1.30 bits per heavy atom. The molecule has 8 heteroatoms. The van der Waals surface area contributed by atoms with E-state index in [9.17, 15) is 18.0 Å². The van der Waals surface area contributed by atoms with Crippen LogP contribution in [0, 0.1) is 0 Å². The summed E-state index contributed by atoms with van der Waals surface area (Å²) < 4.78 is 42.9. The minimum atomic E-state index is -4.43. The molecule has 0 spiro atoms. The molecule has 0 aliphatic rings. The van der Waals surface area contributed by atoms with Crippen molar-refractivity contribution >= 4 is 11.7 Å². The fourth-order valence-electron chi connectivity index (χ4n) is 1.74. The molecule has 0 unspecified atom stereocenters. The van der Waals surface area contributed by atoms with Gasteiger partial charge in [0.25, 0.3) is 0 Å². The normalized spacial score (nSPS) is 12.3. The van der Waals surface area contributed by atoms with Gasteiger partial charge in [-0.05, 0) is 36.8 Å². The van der Waals surface area contributed by atoms with Crippen LogP contribution in [0.3, 0.4) is 0 Å². The van der Waals surface area contributed by atoms with E-state index in [0.29, 0.717) is 0 Å². The number of carbonyl (C=O) groups is 1. The average molecular weight is 327 g/mol. The van der Waals surface area contributed by atoms with Crippen molar-refractivity contribution in [3.05, 3.63) is 59.0 Å². The van der Waals surface area contributed by atoms with Gasteiger partial charge in [0.2, 0.25) is 5.76 Å². The maximum atomic E-state index is 12.6. The van der Waals surface area contributed by atoms with Crippen molar-refractivity contribution in [1.29, 1.82) is 0 Å². The third-order valence-corrected chi connectivity index (χ3v) is 2.89. The van der Waals surface area contributed by atoms with Crippen LogP contribution in [-0.4, -0.2) is 16.8 Å². The molecule has 1 heterocycles. The zero-order chi connectivity index (χ0) is 17.0. The van der Waals surface area contributed by atoms with Crippen LogP contribution in [0.25, 0.3) is 0 Å². The lowest BCUT2D eigenvalue weighted by Gasteiger charge is -2.08.